The molecule has 0 spiro atoms. The third kappa shape index (κ3) is 4.77. The highest BCUT2D eigenvalue weighted by Gasteiger charge is 2.46. The maximum Gasteiger partial charge on any atom is 0.416 e. The number of carbonyl (C=O) groups excluding carboxylic acids is 1. The fourth-order valence-electron chi connectivity index (χ4n) is 4.74. The van der Waals surface area contributed by atoms with Crippen molar-refractivity contribution in [3.63, 3.8) is 0 Å². The maximum absolute atomic E-state index is 13.1. The summed E-state index contributed by atoms with van der Waals surface area (Å²) < 4.78 is 45.9. The van der Waals surface area contributed by atoms with Crippen LogP contribution in [0.3, 0.4) is 0 Å². The van der Waals surface area contributed by atoms with Crippen molar-refractivity contribution in [2.24, 2.45) is 0 Å². The van der Waals surface area contributed by atoms with Crippen LogP contribution < -0.4 is 4.90 Å². The lowest BCUT2D eigenvalue weighted by molar-refractivity contribution is -0.137. The fraction of sp³-hybridized carbons (Fsp3) is 0.538. The van der Waals surface area contributed by atoms with Crippen molar-refractivity contribution in [3.8, 4) is 0 Å². The monoisotopic (exact) mass is 507 g/mol. The summed E-state index contributed by atoms with van der Waals surface area (Å²) in [7, 11) is 0. The van der Waals surface area contributed by atoms with E-state index in [1.807, 2.05) is 19.9 Å². The lowest BCUT2D eigenvalue weighted by Gasteiger charge is -2.52. The molecular weight excluding hydrogens is 475 g/mol. The molecule has 35 heavy (non-hydrogen) atoms. The zero-order chi connectivity index (χ0) is 25.8. The first-order chi connectivity index (χ1) is 16.2. The summed E-state index contributed by atoms with van der Waals surface area (Å²) in [6, 6.07) is 5.62. The highest BCUT2D eigenvalue weighted by molar-refractivity contribution is 8.15. The van der Waals surface area contributed by atoms with Gasteiger partial charge in [0.05, 0.1) is 21.9 Å². The summed E-state index contributed by atoms with van der Waals surface area (Å²) in [6.07, 6.45) is -2.82. The molecule has 0 amide bonds. The topological polar surface area (TPSA) is 45.7 Å². The predicted octanol–water partition coefficient (Wildman–Crippen LogP) is 5.89. The zero-order valence-corrected chi connectivity index (χ0v) is 21.8. The summed E-state index contributed by atoms with van der Waals surface area (Å²) in [4.78, 5) is 20.9. The number of halogens is 3. The summed E-state index contributed by atoms with van der Waals surface area (Å²) in [5, 5.41) is 0.797. The smallest absolute Gasteiger partial charge is 0.416 e. The standard InChI is InChI=1S/C26H32F3N3O2S/c1-16-22(17(2)35-23(16)33)34-25(5,6)24(3,4)32-13-11-31(12-14-32)21-9-10-30-20-15-18(26(27,28)29)7-8-19(20)21/h7-10,15,17H,11-14H2,1-6H3. The molecule has 1 unspecified atom stereocenters. The molecule has 3 heterocycles. The third-order valence-electron chi connectivity index (χ3n) is 7.63. The molecule has 2 aliphatic heterocycles. The minimum atomic E-state index is -4.39. The van der Waals surface area contributed by atoms with Crippen LogP contribution in [0.2, 0.25) is 0 Å². The van der Waals surface area contributed by atoms with Crippen molar-refractivity contribution >= 4 is 33.5 Å². The third-order valence-corrected chi connectivity index (χ3v) is 8.71. The van der Waals surface area contributed by atoms with E-state index in [-0.39, 0.29) is 15.9 Å². The Bertz CT molecular complexity index is 1170. The Hall–Kier alpha value is -2.26. The van der Waals surface area contributed by atoms with Gasteiger partial charge in [-0.3, -0.25) is 14.7 Å². The molecule has 0 radical (unpaired) electrons. The highest BCUT2D eigenvalue weighted by Crippen LogP contribution is 2.41. The molecule has 1 saturated heterocycles. The van der Waals surface area contributed by atoms with E-state index in [2.05, 4.69) is 42.5 Å². The molecule has 0 bridgehead atoms. The van der Waals surface area contributed by atoms with Gasteiger partial charge in [0.1, 0.15) is 11.4 Å². The second kappa shape index (κ2) is 9.00. The number of pyridine rings is 1. The summed E-state index contributed by atoms with van der Waals surface area (Å²) in [5.41, 5.74) is 0.358. The maximum atomic E-state index is 13.1. The minimum Gasteiger partial charge on any atom is -0.489 e. The summed E-state index contributed by atoms with van der Waals surface area (Å²) in [6.45, 7) is 15.3. The largest absolute Gasteiger partial charge is 0.489 e. The van der Waals surface area contributed by atoms with Crippen molar-refractivity contribution in [3.05, 3.63) is 47.4 Å². The molecule has 9 heteroatoms. The summed E-state index contributed by atoms with van der Waals surface area (Å²) in [5.74, 6) is 0.762. The first-order valence-electron chi connectivity index (χ1n) is 11.8. The van der Waals surface area contributed by atoms with Crippen molar-refractivity contribution in [2.75, 3.05) is 31.1 Å². The van der Waals surface area contributed by atoms with E-state index in [1.54, 1.807) is 6.20 Å². The fourth-order valence-corrected chi connectivity index (χ4v) is 5.67. The molecule has 1 fully saturated rings. The van der Waals surface area contributed by atoms with E-state index in [0.29, 0.717) is 11.1 Å². The van der Waals surface area contributed by atoms with Crippen LogP contribution in [0.15, 0.2) is 41.8 Å². The van der Waals surface area contributed by atoms with E-state index < -0.39 is 17.3 Å². The number of anilines is 1. The van der Waals surface area contributed by atoms with Crippen LogP contribution in [0.25, 0.3) is 10.9 Å². The molecule has 2 aromatic rings. The van der Waals surface area contributed by atoms with Gasteiger partial charge in [0.2, 0.25) is 5.12 Å². The van der Waals surface area contributed by atoms with Gasteiger partial charge in [0, 0.05) is 49.0 Å². The molecule has 4 rings (SSSR count). The molecular formula is C26H32F3N3O2S. The van der Waals surface area contributed by atoms with Crippen LogP contribution in [0.4, 0.5) is 18.9 Å². The van der Waals surface area contributed by atoms with Crippen LogP contribution in [0.1, 0.15) is 47.1 Å². The Kier molecular flexibility index (Phi) is 6.64. The van der Waals surface area contributed by atoms with Gasteiger partial charge >= 0.3 is 6.18 Å². The number of rotatable bonds is 5. The number of hydrogen-bond donors (Lipinski definition) is 0. The quantitative estimate of drug-likeness (QED) is 0.503. The molecule has 2 aliphatic rings. The first-order valence-corrected chi connectivity index (χ1v) is 12.7. The van der Waals surface area contributed by atoms with Gasteiger partial charge in [-0.2, -0.15) is 13.2 Å². The SMILES string of the molecule is CC1=C(OC(C)(C)C(C)(C)N2CCN(c3ccnc4cc(C(F)(F)F)ccc34)CC2)C(C)SC1=O. The van der Waals surface area contributed by atoms with Gasteiger partial charge in [0.15, 0.2) is 0 Å². The Morgan fingerprint density at radius 2 is 1.71 bits per heavy atom. The van der Waals surface area contributed by atoms with Crippen molar-refractivity contribution in [2.45, 2.75) is 64.1 Å². The van der Waals surface area contributed by atoms with E-state index in [0.717, 1.165) is 55.1 Å². The lowest BCUT2D eigenvalue weighted by atomic mass is 9.83. The van der Waals surface area contributed by atoms with E-state index >= 15 is 0 Å². The van der Waals surface area contributed by atoms with Gasteiger partial charge in [-0.1, -0.05) is 17.8 Å². The highest BCUT2D eigenvalue weighted by atomic mass is 32.2. The molecule has 1 atom stereocenters. The normalized spacial score (nSPS) is 20.8. The Morgan fingerprint density at radius 1 is 1.06 bits per heavy atom. The van der Waals surface area contributed by atoms with Crippen LogP contribution in [0.5, 0.6) is 0 Å². The molecule has 1 aromatic heterocycles. The lowest BCUT2D eigenvalue weighted by Crippen LogP contribution is -2.63. The van der Waals surface area contributed by atoms with Crippen LogP contribution in [-0.2, 0) is 15.7 Å². The van der Waals surface area contributed by atoms with Crippen LogP contribution >= 0.6 is 11.8 Å². The first kappa shape index (κ1) is 25.8. The predicted molar refractivity (Wildman–Crippen MR) is 135 cm³/mol. The number of aromatic nitrogens is 1. The van der Waals surface area contributed by atoms with Crippen molar-refractivity contribution in [1.29, 1.82) is 0 Å². The number of ether oxygens (including phenoxy) is 1. The van der Waals surface area contributed by atoms with E-state index in [1.165, 1.54) is 17.8 Å². The van der Waals surface area contributed by atoms with Gasteiger partial charge in [0.25, 0.3) is 0 Å². The molecule has 190 valence electrons. The van der Waals surface area contributed by atoms with Crippen molar-refractivity contribution < 1.29 is 22.7 Å². The molecule has 0 N–H and O–H groups in total. The Morgan fingerprint density at radius 3 is 2.29 bits per heavy atom. The van der Waals surface area contributed by atoms with Crippen molar-refractivity contribution in [1.82, 2.24) is 9.88 Å². The van der Waals surface area contributed by atoms with Gasteiger partial charge in [-0.25, -0.2) is 0 Å². The number of carbonyl (C=O) groups is 1. The number of alkyl halides is 3. The Labute approximate surface area is 208 Å². The minimum absolute atomic E-state index is 0.00672. The zero-order valence-electron chi connectivity index (χ0n) is 21.0. The molecule has 0 aliphatic carbocycles. The van der Waals surface area contributed by atoms with Crippen LogP contribution in [0, 0.1) is 0 Å². The van der Waals surface area contributed by atoms with Gasteiger partial charge in [-0.05, 0) is 59.7 Å². The number of benzene rings is 1. The average molecular weight is 508 g/mol. The number of nitrogens with zero attached hydrogens (tertiary/aromatic N) is 3. The van der Waals surface area contributed by atoms with Gasteiger partial charge < -0.3 is 9.64 Å². The number of hydrogen-bond acceptors (Lipinski definition) is 6. The van der Waals surface area contributed by atoms with Crippen LogP contribution in [-0.4, -0.2) is 57.6 Å². The molecule has 0 saturated carbocycles. The second-order valence-corrected chi connectivity index (χ2v) is 11.6. The molecule has 1 aromatic carbocycles. The average Bonchev–Trinajstić information content (AvgIpc) is 3.03. The molecule has 5 nitrogen and oxygen atoms in total. The van der Waals surface area contributed by atoms with E-state index in [4.69, 9.17) is 4.74 Å². The summed E-state index contributed by atoms with van der Waals surface area (Å²) >= 11 is 1.30. The second-order valence-electron chi connectivity index (χ2n) is 10.2. The number of piperazine rings is 1. The van der Waals surface area contributed by atoms with Gasteiger partial charge in [-0.15, -0.1) is 0 Å². The number of thioether (sulfide) groups is 1. The van der Waals surface area contributed by atoms with E-state index in [9.17, 15) is 18.0 Å². The number of fused-ring (bicyclic) bond motifs is 1. The Balaban J connectivity index is 1.50.